The number of unbranched alkanes of at least 4 members (excludes halogenated alkanes) is 1. The van der Waals surface area contributed by atoms with Gasteiger partial charge in [0.15, 0.2) is 0 Å². The van der Waals surface area contributed by atoms with Gasteiger partial charge in [0.2, 0.25) is 5.91 Å². The molecule has 0 spiro atoms. The second kappa shape index (κ2) is 15.7. The van der Waals surface area contributed by atoms with E-state index in [1.807, 2.05) is 4.90 Å². The van der Waals surface area contributed by atoms with Crippen molar-refractivity contribution >= 4 is 17.8 Å². The number of piperazine rings is 1. The van der Waals surface area contributed by atoms with E-state index >= 15 is 0 Å². The van der Waals surface area contributed by atoms with Crippen molar-refractivity contribution < 1.29 is 41.8 Å². The highest BCUT2D eigenvalue weighted by Gasteiger charge is 2.38. The predicted molar refractivity (Wildman–Crippen MR) is 136 cm³/mol. The molecule has 0 radical (unpaired) electrons. The van der Waals surface area contributed by atoms with Gasteiger partial charge in [-0.2, -0.15) is 13.2 Å². The Morgan fingerprint density at radius 1 is 1.03 bits per heavy atom. The van der Waals surface area contributed by atoms with Crippen LogP contribution < -0.4 is 10.1 Å². The van der Waals surface area contributed by atoms with Crippen molar-refractivity contribution in [3.63, 3.8) is 0 Å². The average Bonchev–Trinajstić information content (AvgIpc) is 2.92. The van der Waals surface area contributed by atoms with Crippen LogP contribution in [0.5, 0.6) is 5.75 Å². The van der Waals surface area contributed by atoms with Gasteiger partial charge in [0.25, 0.3) is 5.91 Å². The number of ether oxygens (including phenoxy) is 1. The lowest BCUT2D eigenvalue weighted by atomic mass is 10.1. The Morgan fingerprint density at radius 2 is 1.62 bits per heavy atom. The molecule has 2 N–H and O–H groups in total. The number of hydrogen-bond donors (Lipinski definition) is 2. The first-order valence-corrected chi connectivity index (χ1v) is 12.6. The van der Waals surface area contributed by atoms with E-state index in [1.54, 1.807) is 41.3 Å². The van der Waals surface area contributed by atoms with Gasteiger partial charge in [-0.25, -0.2) is 9.18 Å². The summed E-state index contributed by atoms with van der Waals surface area (Å²) < 4.78 is 50.7. The van der Waals surface area contributed by atoms with E-state index < -0.39 is 12.1 Å². The largest absolute Gasteiger partial charge is 0.494 e. The molecular weight excluding hydrogens is 522 g/mol. The Morgan fingerprint density at radius 3 is 2.15 bits per heavy atom. The molecule has 8 nitrogen and oxygen atoms in total. The van der Waals surface area contributed by atoms with Gasteiger partial charge < -0.3 is 25.0 Å². The number of carbonyl (C=O) groups is 3. The van der Waals surface area contributed by atoms with E-state index in [4.69, 9.17) is 14.6 Å². The number of rotatable bonds is 10. The zero-order chi connectivity index (χ0) is 28.8. The van der Waals surface area contributed by atoms with Crippen LogP contribution in [0.4, 0.5) is 17.6 Å². The van der Waals surface area contributed by atoms with Crippen LogP contribution in [0.1, 0.15) is 42.1 Å². The first-order valence-electron chi connectivity index (χ1n) is 12.6. The fourth-order valence-corrected chi connectivity index (χ4v) is 3.58. The summed E-state index contributed by atoms with van der Waals surface area (Å²) in [4.78, 5) is 38.3. The second-order valence-corrected chi connectivity index (χ2v) is 8.76. The van der Waals surface area contributed by atoms with Crippen LogP contribution in [0.25, 0.3) is 0 Å². The Labute approximate surface area is 224 Å². The number of nitrogens with one attached hydrogen (secondary N) is 1. The molecule has 1 aliphatic heterocycles. The lowest BCUT2D eigenvalue weighted by Crippen LogP contribution is -2.47. The van der Waals surface area contributed by atoms with Gasteiger partial charge in [-0.15, -0.1) is 0 Å². The summed E-state index contributed by atoms with van der Waals surface area (Å²) in [6.45, 7) is 6.31. The third-order valence-electron chi connectivity index (χ3n) is 5.75. The number of amides is 2. The maximum atomic E-state index is 13.3. The summed E-state index contributed by atoms with van der Waals surface area (Å²) in [5, 5.41) is 10.4. The molecule has 2 aromatic carbocycles. The SMILES string of the molecule is CCCCOc1ccc(C(=O)N(CCC(=O)N2CCNCC2)Cc2ccc(F)cc2)cc1.O=C(O)C(F)(F)F. The summed E-state index contributed by atoms with van der Waals surface area (Å²) in [5.41, 5.74) is 1.35. The van der Waals surface area contributed by atoms with Crippen molar-refractivity contribution in [3.05, 3.63) is 65.5 Å². The first-order chi connectivity index (χ1) is 18.5. The van der Waals surface area contributed by atoms with E-state index in [9.17, 15) is 27.2 Å². The Balaban J connectivity index is 0.000000673. The smallest absolute Gasteiger partial charge is 0.490 e. The van der Waals surface area contributed by atoms with Gasteiger partial charge in [0, 0.05) is 51.3 Å². The zero-order valence-electron chi connectivity index (χ0n) is 21.7. The molecule has 1 saturated heterocycles. The van der Waals surface area contributed by atoms with E-state index in [0.29, 0.717) is 38.3 Å². The van der Waals surface area contributed by atoms with Crippen LogP contribution in [0.2, 0.25) is 0 Å². The fourth-order valence-electron chi connectivity index (χ4n) is 3.58. The summed E-state index contributed by atoms with van der Waals surface area (Å²) in [6.07, 6.45) is -2.79. The number of benzene rings is 2. The van der Waals surface area contributed by atoms with Gasteiger partial charge in [-0.1, -0.05) is 25.5 Å². The quantitative estimate of drug-likeness (QED) is 0.338. The maximum absolute atomic E-state index is 13.3. The molecule has 0 aliphatic carbocycles. The first kappa shape index (κ1) is 31.5. The van der Waals surface area contributed by atoms with Crippen molar-refractivity contribution in [3.8, 4) is 5.75 Å². The van der Waals surface area contributed by atoms with E-state index in [-0.39, 0.29) is 24.1 Å². The molecule has 2 amide bonds. The minimum absolute atomic E-state index is 0.0445. The van der Waals surface area contributed by atoms with Crippen molar-refractivity contribution in [2.24, 2.45) is 0 Å². The molecule has 0 bridgehead atoms. The number of halogens is 4. The molecule has 1 heterocycles. The molecule has 3 rings (SSSR count). The van der Waals surface area contributed by atoms with E-state index in [1.165, 1.54) is 12.1 Å². The molecule has 0 unspecified atom stereocenters. The number of aliphatic carboxylic acids is 1. The predicted octanol–water partition coefficient (Wildman–Crippen LogP) is 4.10. The molecular formula is C27H33F4N3O5. The summed E-state index contributed by atoms with van der Waals surface area (Å²) in [7, 11) is 0. The molecule has 1 fully saturated rings. The van der Waals surface area contributed by atoms with E-state index in [2.05, 4.69) is 12.2 Å². The monoisotopic (exact) mass is 555 g/mol. The molecule has 0 saturated carbocycles. The minimum atomic E-state index is -5.08. The van der Waals surface area contributed by atoms with Gasteiger partial charge in [-0.3, -0.25) is 9.59 Å². The molecule has 1 aliphatic rings. The highest BCUT2D eigenvalue weighted by molar-refractivity contribution is 5.94. The van der Waals surface area contributed by atoms with E-state index in [0.717, 1.165) is 37.2 Å². The second-order valence-electron chi connectivity index (χ2n) is 8.76. The number of carbonyl (C=O) groups excluding carboxylic acids is 2. The number of carboxylic acid groups (broad SMARTS) is 1. The topological polar surface area (TPSA) is 99.2 Å². The van der Waals surface area contributed by atoms with Crippen molar-refractivity contribution in [1.82, 2.24) is 15.1 Å². The fraction of sp³-hybridized carbons (Fsp3) is 0.444. The van der Waals surface area contributed by atoms with Crippen LogP contribution in [-0.2, 0) is 16.1 Å². The number of carboxylic acids is 1. The lowest BCUT2D eigenvalue weighted by Gasteiger charge is -2.29. The van der Waals surface area contributed by atoms with Crippen LogP contribution in [0.15, 0.2) is 48.5 Å². The normalized spacial score (nSPS) is 13.2. The number of alkyl halides is 3. The standard InChI is InChI=1S/C25H32FN3O3.C2HF3O2/c1-2-3-18-32-23-10-6-21(7-11-23)25(31)29(19-20-4-8-22(26)9-5-20)15-12-24(30)28-16-13-27-14-17-28;3-2(4,5)1(6)7/h4-11,27H,2-3,12-19H2,1H3;(H,6,7). The maximum Gasteiger partial charge on any atom is 0.490 e. The van der Waals surface area contributed by atoms with Gasteiger partial charge in [0.1, 0.15) is 11.6 Å². The highest BCUT2D eigenvalue weighted by atomic mass is 19.4. The average molecular weight is 556 g/mol. The molecule has 39 heavy (non-hydrogen) atoms. The van der Waals surface area contributed by atoms with Crippen LogP contribution >= 0.6 is 0 Å². The number of nitrogens with zero attached hydrogens (tertiary/aromatic N) is 2. The zero-order valence-corrected chi connectivity index (χ0v) is 21.7. The minimum Gasteiger partial charge on any atom is -0.494 e. The van der Waals surface area contributed by atoms with Crippen LogP contribution in [0, 0.1) is 5.82 Å². The summed E-state index contributed by atoms with van der Waals surface area (Å²) in [6, 6.07) is 13.2. The van der Waals surface area contributed by atoms with Crippen LogP contribution in [-0.4, -0.2) is 78.2 Å². The summed E-state index contributed by atoms with van der Waals surface area (Å²) >= 11 is 0. The van der Waals surface area contributed by atoms with Crippen molar-refractivity contribution in [2.75, 3.05) is 39.3 Å². The highest BCUT2D eigenvalue weighted by Crippen LogP contribution is 2.17. The van der Waals surface area contributed by atoms with Crippen molar-refractivity contribution in [2.45, 2.75) is 38.9 Å². The number of hydrogen-bond acceptors (Lipinski definition) is 5. The molecule has 2 aromatic rings. The molecule has 0 aromatic heterocycles. The van der Waals surface area contributed by atoms with Gasteiger partial charge >= 0.3 is 12.1 Å². The third-order valence-corrected chi connectivity index (χ3v) is 5.75. The van der Waals surface area contributed by atoms with Gasteiger partial charge in [-0.05, 0) is 48.4 Å². The lowest BCUT2D eigenvalue weighted by molar-refractivity contribution is -0.192. The molecule has 0 atom stereocenters. The third kappa shape index (κ3) is 11.3. The summed E-state index contributed by atoms with van der Waals surface area (Å²) in [5.74, 6) is -2.47. The Kier molecular flexibility index (Phi) is 12.7. The molecule has 12 heteroatoms. The van der Waals surface area contributed by atoms with Crippen LogP contribution in [0.3, 0.4) is 0 Å². The van der Waals surface area contributed by atoms with Gasteiger partial charge in [0.05, 0.1) is 6.61 Å². The molecule has 214 valence electrons. The Bertz CT molecular complexity index is 1060. The van der Waals surface area contributed by atoms with Crippen molar-refractivity contribution in [1.29, 1.82) is 0 Å². The Hall–Kier alpha value is -3.67.